The number of hydrogen-bond donors (Lipinski definition) is 1. The van der Waals surface area contributed by atoms with Gasteiger partial charge in [0.25, 0.3) is 0 Å². The van der Waals surface area contributed by atoms with Gasteiger partial charge in [0.05, 0.1) is 10.6 Å². The van der Waals surface area contributed by atoms with Crippen LogP contribution < -0.4 is 10.6 Å². The van der Waals surface area contributed by atoms with Gasteiger partial charge in [-0.2, -0.15) is 0 Å². The van der Waals surface area contributed by atoms with Gasteiger partial charge in [0.2, 0.25) is 0 Å². The molecule has 1 saturated heterocycles. The average molecular weight is 330 g/mol. The molecule has 2 aliphatic heterocycles. The first-order valence-corrected chi connectivity index (χ1v) is 9.38. The highest BCUT2D eigenvalue weighted by Crippen LogP contribution is 2.30. The number of nitrogens with two attached hydrogens (primary N) is 1. The molecule has 23 heavy (non-hydrogen) atoms. The molecule has 1 unspecified atom stereocenters. The van der Waals surface area contributed by atoms with Crippen LogP contribution in [-0.4, -0.2) is 43.3 Å². The molecule has 1 aromatic heterocycles. The van der Waals surface area contributed by atoms with Crippen molar-refractivity contribution >= 4 is 15.7 Å². The first-order chi connectivity index (χ1) is 11.0. The monoisotopic (exact) mass is 330 g/mol. The Morgan fingerprint density at radius 2 is 2.13 bits per heavy atom. The Bertz CT molecular complexity index is 866. The molecule has 1 fully saturated rings. The number of sulfone groups is 1. The molecular formula is C16H18N4O2S. The van der Waals surface area contributed by atoms with Crippen LogP contribution in [-0.2, 0) is 16.3 Å². The summed E-state index contributed by atoms with van der Waals surface area (Å²) in [6, 6.07) is 7.44. The zero-order valence-electron chi connectivity index (χ0n) is 12.6. The lowest BCUT2D eigenvalue weighted by Gasteiger charge is -2.17. The van der Waals surface area contributed by atoms with Gasteiger partial charge < -0.3 is 10.6 Å². The number of benzene rings is 1. The summed E-state index contributed by atoms with van der Waals surface area (Å²) >= 11 is 0. The summed E-state index contributed by atoms with van der Waals surface area (Å²) in [5.74, 6) is 1.68. The van der Waals surface area contributed by atoms with Crippen LogP contribution in [0.15, 0.2) is 35.4 Å². The van der Waals surface area contributed by atoms with E-state index in [1.165, 1.54) is 0 Å². The summed E-state index contributed by atoms with van der Waals surface area (Å²) in [5.41, 5.74) is 7.67. The second-order valence-electron chi connectivity index (χ2n) is 6.12. The van der Waals surface area contributed by atoms with Gasteiger partial charge in [0.15, 0.2) is 15.7 Å². The highest BCUT2D eigenvalue weighted by Gasteiger charge is 2.26. The van der Waals surface area contributed by atoms with Crippen molar-refractivity contribution in [3.05, 3.63) is 36.0 Å². The average Bonchev–Trinajstić information content (AvgIpc) is 3.11. The van der Waals surface area contributed by atoms with Crippen molar-refractivity contribution in [2.24, 2.45) is 5.73 Å². The van der Waals surface area contributed by atoms with E-state index in [1.54, 1.807) is 18.3 Å². The third-order valence-electron chi connectivity index (χ3n) is 4.48. The summed E-state index contributed by atoms with van der Waals surface area (Å²) in [5, 5.41) is 0. The van der Waals surface area contributed by atoms with Crippen molar-refractivity contribution in [3.8, 4) is 11.4 Å². The van der Waals surface area contributed by atoms with E-state index in [0.29, 0.717) is 17.1 Å². The van der Waals surface area contributed by atoms with Crippen molar-refractivity contribution in [1.82, 2.24) is 9.97 Å². The SMILES string of the molecule is NC1CCN(c2ccnc(-c3ccc4c(c3)CCS4(=O)=O)n2)C1. The number of aromatic nitrogens is 2. The van der Waals surface area contributed by atoms with Crippen LogP contribution in [0, 0.1) is 0 Å². The Labute approximate surface area is 135 Å². The van der Waals surface area contributed by atoms with Crippen molar-refractivity contribution < 1.29 is 8.42 Å². The number of anilines is 1. The molecule has 2 aromatic rings. The second kappa shape index (κ2) is 5.28. The molecule has 1 aromatic carbocycles. The van der Waals surface area contributed by atoms with E-state index in [0.717, 1.165) is 36.5 Å². The zero-order valence-corrected chi connectivity index (χ0v) is 13.5. The van der Waals surface area contributed by atoms with Crippen LogP contribution in [0.25, 0.3) is 11.4 Å². The molecule has 0 saturated carbocycles. The first-order valence-electron chi connectivity index (χ1n) is 7.72. The maximum atomic E-state index is 11.9. The van der Waals surface area contributed by atoms with Crippen molar-refractivity contribution in [2.45, 2.75) is 23.8 Å². The van der Waals surface area contributed by atoms with Gasteiger partial charge in [-0.15, -0.1) is 0 Å². The summed E-state index contributed by atoms with van der Waals surface area (Å²) in [6.45, 7) is 1.71. The summed E-state index contributed by atoms with van der Waals surface area (Å²) < 4.78 is 23.8. The Balaban J connectivity index is 1.69. The van der Waals surface area contributed by atoms with Crippen LogP contribution in [0.2, 0.25) is 0 Å². The fourth-order valence-electron chi connectivity index (χ4n) is 3.23. The number of rotatable bonds is 2. The first kappa shape index (κ1) is 14.6. The normalized spacial score (nSPS) is 22.3. The molecule has 0 amide bonds. The molecule has 3 heterocycles. The topological polar surface area (TPSA) is 89.2 Å². The lowest BCUT2D eigenvalue weighted by atomic mass is 10.1. The molecular weight excluding hydrogens is 312 g/mol. The minimum Gasteiger partial charge on any atom is -0.355 e. The van der Waals surface area contributed by atoms with E-state index in [9.17, 15) is 8.42 Å². The van der Waals surface area contributed by atoms with Gasteiger partial charge in [-0.25, -0.2) is 18.4 Å². The molecule has 4 rings (SSSR count). The maximum absolute atomic E-state index is 11.9. The largest absolute Gasteiger partial charge is 0.355 e. The van der Waals surface area contributed by atoms with E-state index in [2.05, 4.69) is 14.9 Å². The number of aryl methyl sites for hydroxylation is 1. The molecule has 0 aliphatic carbocycles. The Morgan fingerprint density at radius 3 is 2.91 bits per heavy atom. The van der Waals surface area contributed by atoms with Gasteiger partial charge in [-0.1, -0.05) is 0 Å². The van der Waals surface area contributed by atoms with E-state index in [1.807, 2.05) is 12.1 Å². The Kier molecular flexibility index (Phi) is 3.35. The van der Waals surface area contributed by atoms with Gasteiger partial charge in [-0.05, 0) is 42.7 Å². The predicted octanol–water partition coefficient (Wildman–Crippen LogP) is 1.01. The third kappa shape index (κ3) is 2.60. The lowest BCUT2D eigenvalue weighted by Crippen LogP contribution is -2.26. The Morgan fingerprint density at radius 1 is 1.26 bits per heavy atom. The molecule has 0 bridgehead atoms. The number of fused-ring (bicyclic) bond motifs is 1. The van der Waals surface area contributed by atoms with Crippen LogP contribution >= 0.6 is 0 Å². The molecule has 0 spiro atoms. The van der Waals surface area contributed by atoms with Crippen molar-refractivity contribution in [2.75, 3.05) is 23.7 Å². The van der Waals surface area contributed by atoms with Gasteiger partial charge in [-0.3, -0.25) is 0 Å². The maximum Gasteiger partial charge on any atom is 0.178 e. The zero-order chi connectivity index (χ0) is 16.0. The summed E-state index contributed by atoms with van der Waals surface area (Å²) in [7, 11) is -3.09. The van der Waals surface area contributed by atoms with Crippen LogP contribution in [0.4, 0.5) is 5.82 Å². The van der Waals surface area contributed by atoms with Gasteiger partial charge >= 0.3 is 0 Å². The smallest absolute Gasteiger partial charge is 0.178 e. The standard InChI is InChI=1S/C16H18N4O2S/c17-13-4-7-20(10-13)15-3-6-18-16(19-15)12-1-2-14-11(9-12)5-8-23(14,21)22/h1-3,6,9,13H,4-5,7-8,10,17H2. The van der Waals surface area contributed by atoms with E-state index < -0.39 is 9.84 Å². The molecule has 0 radical (unpaired) electrons. The van der Waals surface area contributed by atoms with Crippen LogP contribution in [0.3, 0.4) is 0 Å². The highest BCUT2D eigenvalue weighted by molar-refractivity contribution is 7.91. The minimum absolute atomic E-state index is 0.193. The second-order valence-corrected chi connectivity index (χ2v) is 8.20. The summed E-state index contributed by atoms with van der Waals surface area (Å²) in [6.07, 6.45) is 3.27. The third-order valence-corrected chi connectivity index (χ3v) is 6.29. The molecule has 2 aliphatic rings. The number of nitrogens with zero attached hydrogens (tertiary/aromatic N) is 3. The van der Waals surface area contributed by atoms with E-state index >= 15 is 0 Å². The van der Waals surface area contributed by atoms with Crippen LogP contribution in [0.1, 0.15) is 12.0 Å². The quantitative estimate of drug-likeness (QED) is 0.884. The predicted molar refractivity (Wildman–Crippen MR) is 88.0 cm³/mol. The highest BCUT2D eigenvalue weighted by atomic mass is 32.2. The summed E-state index contributed by atoms with van der Waals surface area (Å²) in [4.78, 5) is 11.6. The molecule has 1 atom stereocenters. The van der Waals surface area contributed by atoms with E-state index in [-0.39, 0.29) is 11.8 Å². The van der Waals surface area contributed by atoms with Crippen LogP contribution in [0.5, 0.6) is 0 Å². The fraction of sp³-hybridized carbons (Fsp3) is 0.375. The number of hydrogen-bond acceptors (Lipinski definition) is 6. The minimum atomic E-state index is -3.09. The molecule has 7 heteroatoms. The van der Waals surface area contributed by atoms with Crippen molar-refractivity contribution in [1.29, 1.82) is 0 Å². The molecule has 120 valence electrons. The van der Waals surface area contributed by atoms with Gasteiger partial charge in [0.1, 0.15) is 5.82 Å². The molecule has 6 nitrogen and oxygen atoms in total. The van der Waals surface area contributed by atoms with Crippen molar-refractivity contribution in [3.63, 3.8) is 0 Å². The van der Waals surface area contributed by atoms with Gasteiger partial charge in [0, 0.05) is 30.9 Å². The Hall–Kier alpha value is -1.99. The lowest BCUT2D eigenvalue weighted by molar-refractivity contribution is 0.600. The fourth-order valence-corrected chi connectivity index (χ4v) is 4.78. The van der Waals surface area contributed by atoms with E-state index in [4.69, 9.17) is 5.73 Å². The molecule has 2 N–H and O–H groups in total.